The van der Waals surface area contributed by atoms with E-state index in [1.54, 1.807) is 0 Å². The van der Waals surface area contributed by atoms with Gasteiger partial charge in [0, 0.05) is 12.1 Å². The number of hydrogen-bond acceptors (Lipinski definition) is 2. The molecule has 2 fully saturated rings. The summed E-state index contributed by atoms with van der Waals surface area (Å²) in [6.07, 6.45) is 3.38. The molecule has 0 saturated carbocycles. The van der Waals surface area contributed by atoms with Crippen molar-refractivity contribution in [1.82, 2.24) is 10.6 Å². The van der Waals surface area contributed by atoms with Gasteiger partial charge >= 0.3 is 6.03 Å². The Balaban J connectivity index is 2.02. The highest BCUT2D eigenvalue weighted by Crippen LogP contribution is 2.30. The molecule has 2 amide bonds. The first-order chi connectivity index (χ1) is 5.81. The molecule has 2 N–H and O–H groups in total. The summed E-state index contributed by atoms with van der Waals surface area (Å²) in [7, 11) is 0. The molecule has 0 aromatic carbocycles. The third kappa shape index (κ3) is 1.53. The zero-order chi connectivity index (χ0) is 8.44. The van der Waals surface area contributed by atoms with Crippen LogP contribution in [0.2, 0.25) is 0 Å². The van der Waals surface area contributed by atoms with E-state index in [2.05, 4.69) is 10.6 Å². The lowest BCUT2D eigenvalue weighted by Gasteiger charge is -2.40. The van der Waals surface area contributed by atoms with Crippen LogP contribution in [0.15, 0.2) is 0 Å². The fourth-order valence-corrected chi connectivity index (χ4v) is 3.17. The summed E-state index contributed by atoms with van der Waals surface area (Å²) in [4.78, 5) is 11.1. The number of rotatable bonds is 0. The molecule has 0 atom stereocenters. The van der Waals surface area contributed by atoms with Crippen LogP contribution in [0.25, 0.3) is 0 Å². The molecule has 0 unspecified atom stereocenters. The molecule has 2 rings (SSSR count). The summed E-state index contributed by atoms with van der Waals surface area (Å²) in [5, 5.41) is 5.87. The van der Waals surface area contributed by atoms with Gasteiger partial charge in [-0.2, -0.15) is 11.8 Å². The van der Waals surface area contributed by atoms with E-state index in [1.165, 1.54) is 11.5 Å². The van der Waals surface area contributed by atoms with Crippen LogP contribution >= 0.6 is 11.8 Å². The lowest BCUT2D eigenvalue weighted by Crippen LogP contribution is -2.59. The Kier molecular flexibility index (Phi) is 2.17. The van der Waals surface area contributed by atoms with Crippen molar-refractivity contribution in [3.8, 4) is 0 Å². The molecule has 2 aliphatic rings. The average molecular weight is 186 g/mol. The van der Waals surface area contributed by atoms with Gasteiger partial charge in [0.15, 0.2) is 0 Å². The highest BCUT2D eigenvalue weighted by atomic mass is 32.2. The molecular formula is C8H14N2OS. The normalized spacial score (nSPS) is 27.8. The first kappa shape index (κ1) is 8.23. The Hall–Kier alpha value is -0.380. The van der Waals surface area contributed by atoms with Gasteiger partial charge in [0.2, 0.25) is 0 Å². The summed E-state index contributed by atoms with van der Waals surface area (Å²) in [6.45, 7) is 0.844. The molecule has 12 heavy (non-hydrogen) atoms. The Labute approximate surface area is 76.7 Å². The van der Waals surface area contributed by atoms with Crippen LogP contribution in [-0.2, 0) is 0 Å². The van der Waals surface area contributed by atoms with E-state index in [-0.39, 0.29) is 11.6 Å². The van der Waals surface area contributed by atoms with E-state index < -0.39 is 0 Å². The molecule has 68 valence electrons. The van der Waals surface area contributed by atoms with Gasteiger partial charge in [-0.05, 0) is 30.8 Å². The van der Waals surface area contributed by atoms with Crippen LogP contribution < -0.4 is 10.6 Å². The van der Waals surface area contributed by atoms with Crippen molar-refractivity contribution in [3.63, 3.8) is 0 Å². The van der Waals surface area contributed by atoms with Crippen molar-refractivity contribution in [2.45, 2.75) is 24.8 Å². The van der Waals surface area contributed by atoms with Gasteiger partial charge in [0.1, 0.15) is 0 Å². The van der Waals surface area contributed by atoms with E-state index in [1.807, 2.05) is 11.8 Å². The second kappa shape index (κ2) is 3.17. The highest BCUT2D eigenvalue weighted by Gasteiger charge is 2.35. The van der Waals surface area contributed by atoms with Gasteiger partial charge in [0.25, 0.3) is 0 Å². The minimum Gasteiger partial charge on any atom is -0.338 e. The summed E-state index contributed by atoms with van der Waals surface area (Å²) in [6, 6.07) is 0.0214. The third-order valence-electron chi connectivity index (χ3n) is 2.72. The van der Waals surface area contributed by atoms with Crippen LogP contribution in [0.1, 0.15) is 19.3 Å². The monoisotopic (exact) mass is 186 g/mol. The second-order valence-electron chi connectivity index (χ2n) is 3.52. The zero-order valence-corrected chi connectivity index (χ0v) is 7.88. The molecule has 4 heteroatoms. The number of thioether (sulfide) groups is 1. The maximum absolute atomic E-state index is 11.1. The Bertz CT molecular complexity index is 184. The van der Waals surface area contributed by atoms with Crippen LogP contribution in [0.5, 0.6) is 0 Å². The summed E-state index contributed by atoms with van der Waals surface area (Å²) < 4.78 is 0. The van der Waals surface area contributed by atoms with Crippen molar-refractivity contribution in [2.24, 2.45) is 0 Å². The van der Waals surface area contributed by atoms with E-state index in [0.29, 0.717) is 0 Å². The molecule has 0 bridgehead atoms. The molecule has 0 radical (unpaired) electrons. The molecule has 2 saturated heterocycles. The Morgan fingerprint density at radius 3 is 2.67 bits per heavy atom. The van der Waals surface area contributed by atoms with Crippen molar-refractivity contribution in [3.05, 3.63) is 0 Å². The minimum atomic E-state index is 0.0214. The van der Waals surface area contributed by atoms with Gasteiger partial charge in [-0.25, -0.2) is 4.79 Å². The highest BCUT2D eigenvalue weighted by molar-refractivity contribution is 7.99. The van der Waals surface area contributed by atoms with Crippen molar-refractivity contribution in [2.75, 3.05) is 18.1 Å². The Morgan fingerprint density at radius 1 is 1.25 bits per heavy atom. The first-order valence-electron chi connectivity index (χ1n) is 4.45. The van der Waals surface area contributed by atoms with Crippen molar-refractivity contribution >= 4 is 17.8 Å². The fraction of sp³-hybridized carbons (Fsp3) is 0.875. The van der Waals surface area contributed by atoms with Crippen LogP contribution in [0, 0.1) is 0 Å². The number of urea groups is 1. The molecule has 2 aliphatic heterocycles. The smallest absolute Gasteiger partial charge is 0.315 e. The van der Waals surface area contributed by atoms with Gasteiger partial charge < -0.3 is 10.6 Å². The zero-order valence-electron chi connectivity index (χ0n) is 7.06. The Morgan fingerprint density at radius 2 is 2.00 bits per heavy atom. The largest absolute Gasteiger partial charge is 0.338 e. The quantitative estimate of drug-likeness (QED) is 0.591. The van der Waals surface area contributed by atoms with Gasteiger partial charge in [-0.15, -0.1) is 0 Å². The molecule has 0 aliphatic carbocycles. The van der Waals surface area contributed by atoms with Gasteiger partial charge in [-0.3, -0.25) is 0 Å². The predicted octanol–water partition coefficient (Wildman–Crippen LogP) is 0.955. The lowest BCUT2D eigenvalue weighted by molar-refractivity contribution is 0.199. The summed E-state index contributed by atoms with van der Waals surface area (Å²) in [5.74, 6) is 2.39. The minimum absolute atomic E-state index is 0.0214. The van der Waals surface area contributed by atoms with Crippen LogP contribution in [0.4, 0.5) is 4.79 Å². The van der Waals surface area contributed by atoms with E-state index >= 15 is 0 Å². The van der Waals surface area contributed by atoms with Crippen LogP contribution in [-0.4, -0.2) is 29.6 Å². The van der Waals surface area contributed by atoms with E-state index in [9.17, 15) is 4.79 Å². The van der Waals surface area contributed by atoms with Crippen molar-refractivity contribution in [1.29, 1.82) is 0 Å². The first-order valence-corrected chi connectivity index (χ1v) is 5.60. The molecule has 0 aromatic rings. The molecular weight excluding hydrogens is 172 g/mol. The number of carbonyl (C=O) groups is 1. The van der Waals surface area contributed by atoms with Crippen molar-refractivity contribution < 1.29 is 4.79 Å². The van der Waals surface area contributed by atoms with Gasteiger partial charge in [0.05, 0.1) is 0 Å². The number of amides is 2. The maximum atomic E-state index is 11.1. The molecule has 2 heterocycles. The van der Waals surface area contributed by atoms with Crippen LogP contribution in [0.3, 0.4) is 0 Å². The van der Waals surface area contributed by atoms with E-state index in [0.717, 1.165) is 25.8 Å². The topological polar surface area (TPSA) is 41.1 Å². The fourth-order valence-electron chi connectivity index (χ4n) is 1.90. The van der Waals surface area contributed by atoms with E-state index in [4.69, 9.17) is 0 Å². The molecule has 3 nitrogen and oxygen atoms in total. The van der Waals surface area contributed by atoms with Gasteiger partial charge in [-0.1, -0.05) is 0 Å². The number of nitrogens with one attached hydrogen (secondary N) is 2. The third-order valence-corrected chi connectivity index (χ3v) is 3.70. The second-order valence-corrected chi connectivity index (χ2v) is 4.75. The average Bonchev–Trinajstić information content (AvgIpc) is 2.05. The summed E-state index contributed by atoms with van der Waals surface area (Å²) in [5.41, 5.74) is 0.146. The molecule has 1 spiro atoms. The standard InChI is InChI=1S/C8H14N2OS/c11-7-9-4-1-8(10-7)2-5-12-6-3-8/h1-6H2,(H2,9,10,11). The maximum Gasteiger partial charge on any atom is 0.315 e. The SMILES string of the molecule is O=C1NCCC2(CCSCC2)N1. The number of hydrogen-bond donors (Lipinski definition) is 2. The number of carbonyl (C=O) groups excluding carboxylic acids is 1. The lowest BCUT2D eigenvalue weighted by atomic mass is 9.87. The predicted molar refractivity (Wildman–Crippen MR) is 50.4 cm³/mol. The molecule has 0 aromatic heterocycles. The summed E-state index contributed by atoms with van der Waals surface area (Å²) >= 11 is 1.99.